The largest absolute Gasteiger partial charge is 0.459 e. The normalized spacial score (nSPS) is 10.3. The van der Waals surface area contributed by atoms with E-state index >= 15 is 0 Å². The predicted octanol–water partition coefficient (Wildman–Crippen LogP) is 1.02. The van der Waals surface area contributed by atoms with Crippen molar-refractivity contribution in [3.8, 4) is 0 Å². The molecule has 0 bridgehead atoms. The molecule has 0 aromatic carbocycles. The molecule has 6 nitrogen and oxygen atoms in total. The van der Waals surface area contributed by atoms with Crippen LogP contribution >= 0.6 is 11.8 Å². The van der Waals surface area contributed by atoms with Gasteiger partial charge in [0.15, 0.2) is 5.76 Å². The van der Waals surface area contributed by atoms with Crippen molar-refractivity contribution in [1.29, 1.82) is 0 Å². The number of hydrogen-bond acceptors (Lipinski definition) is 5. The van der Waals surface area contributed by atoms with E-state index in [4.69, 9.17) is 9.52 Å². The molecule has 0 aliphatic rings. The summed E-state index contributed by atoms with van der Waals surface area (Å²) in [6.45, 7) is 1.29. The van der Waals surface area contributed by atoms with E-state index in [0.717, 1.165) is 17.9 Å². The first-order valence-corrected chi connectivity index (χ1v) is 8.16. The first kappa shape index (κ1) is 17.6. The molecule has 0 saturated carbocycles. The summed E-state index contributed by atoms with van der Waals surface area (Å²) in [4.78, 5) is 23.0. The zero-order valence-corrected chi connectivity index (χ0v) is 12.8. The molecule has 1 aromatic rings. The molecule has 7 heteroatoms. The van der Waals surface area contributed by atoms with Gasteiger partial charge in [0, 0.05) is 31.9 Å². The van der Waals surface area contributed by atoms with Crippen molar-refractivity contribution in [1.82, 2.24) is 10.6 Å². The van der Waals surface area contributed by atoms with Gasteiger partial charge < -0.3 is 20.2 Å². The second-order valence-corrected chi connectivity index (χ2v) is 5.60. The lowest BCUT2D eigenvalue weighted by Crippen LogP contribution is -2.28. The van der Waals surface area contributed by atoms with Gasteiger partial charge in [0.1, 0.15) is 0 Å². The summed E-state index contributed by atoms with van der Waals surface area (Å²) in [7, 11) is 0. The number of carbonyl (C=O) groups is 2. The van der Waals surface area contributed by atoms with Crippen LogP contribution in [-0.2, 0) is 4.79 Å². The van der Waals surface area contributed by atoms with Crippen LogP contribution in [0.25, 0.3) is 0 Å². The van der Waals surface area contributed by atoms with E-state index in [9.17, 15) is 9.59 Å². The van der Waals surface area contributed by atoms with Crippen LogP contribution < -0.4 is 10.6 Å². The fourth-order valence-corrected chi connectivity index (χ4v) is 2.35. The van der Waals surface area contributed by atoms with Gasteiger partial charge >= 0.3 is 0 Å². The van der Waals surface area contributed by atoms with E-state index in [1.165, 1.54) is 6.26 Å². The molecule has 0 fully saturated rings. The molecule has 0 atom stereocenters. The minimum atomic E-state index is -0.263. The number of nitrogens with one attached hydrogen (secondary N) is 2. The van der Waals surface area contributed by atoms with Crippen LogP contribution in [0.5, 0.6) is 0 Å². The lowest BCUT2D eigenvalue weighted by Gasteiger charge is -2.05. The molecule has 0 aliphatic heterocycles. The van der Waals surface area contributed by atoms with Gasteiger partial charge in [-0.3, -0.25) is 9.59 Å². The van der Waals surface area contributed by atoms with E-state index in [1.807, 2.05) is 0 Å². The molecule has 1 heterocycles. The van der Waals surface area contributed by atoms with Crippen molar-refractivity contribution in [3.05, 3.63) is 24.2 Å². The highest BCUT2D eigenvalue weighted by Gasteiger charge is 2.07. The molecule has 0 aliphatic carbocycles. The van der Waals surface area contributed by atoms with Gasteiger partial charge in [-0.15, -0.1) is 0 Å². The highest BCUT2D eigenvalue weighted by molar-refractivity contribution is 7.99. The molecule has 0 saturated heterocycles. The minimum absolute atomic E-state index is 0.00925. The Morgan fingerprint density at radius 3 is 2.76 bits per heavy atom. The van der Waals surface area contributed by atoms with Gasteiger partial charge in [0.2, 0.25) is 5.91 Å². The number of aliphatic hydroxyl groups excluding tert-OH is 1. The quantitative estimate of drug-likeness (QED) is 0.531. The molecular formula is C14H22N2O4S. The summed E-state index contributed by atoms with van der Waals surface area (Å²) in [5.41, 5.74) is 0. The van der Waals surface area contributed by atoms with Crippen LogP contribution in [0.4, 0.5) is 0 Å². The standard InChI is InChI=1S/C14H22N2O4S/c17-8-3-10-21-11-7-15-13(18)5-1-6-16-14(19)12-4-2-9-20-12/h2,4,9,17H,1,3,5-8,10-11H2,(H,15,18)(H,16,19). The number of rotatable bonds is 11. The predicted molar refractivity (Wildman–Crippen MR) is 82.3 cm³/mol. The van der Waals surface area contributed by atoms with Crippen molar-refractivity contribution in [2.45, 2.75) is 19.3 Å². The van der Waals surface area contributed by atoms with Gasteiger partial charge in [-0.1, -0.05) is 0 Å². The molecule has 1 rings (SSSR count). The summed E-state index contributed by atoms with van der Waals surface area (Å²) < 4.78 is 4.96. The summed E-state index contributed by atoms with van der Waals surface area (Å²) in [5.74, 6) is 1.76. The number of amides is 2. The SMILES string of the molecule is O=C(CCCNC(=O)c1ccco1)NCCSCCCO. The van der Waals surface area contributed by atoms with Crippen molar-refractivity contribution in [3.63, 3.8) is 0 Å². The molecule has 0 unspecified atom stereocenters. The maximum Gasteiger partial charge on any atom is 0.286 e. The Kier molecular flexibility index (Phi) is 9.39. The number of hydrogen-bond donors (Lipinski definition) is 3. The van der Waals surface area contributed by atoms with Crippen LogP contribution in [-0.4, -0.2) is 48.1 Å². The van der Waals surface area contributed by atoms with Crippen molar-refractivity contribution in [2.24, 2.45) is 0 Å². The number of furan rings is 1. The van der Waals surface area contributed by atoms with Gasteiger partial charge in [-0.05, 0) is 30.7 Å². The molecule has 118 valence electrons. The third-order valence-corrected chi connectivity index (χ3v) is 3.70. The highest BCUT2D eigenvalue weighted by atomic mass is 32.2. The van der Waals surface area contributed by atoms with Gasteiger partial charge in [0.05, 0.1) is 6.26 Å². The Hall–Kier alpha value is -1.47. The topological polar surface area (TPSA) is 91.6 Å². The summed E-state index contributed by atoms with van der Waals surface area (Å²) in [5, 5.41) is 14.1. The van der Waals surface area contributed by atoms with Crippen LogP contribution in [0.1, 0.15) is 29.8 Å². The van der Waals surface area contributed by atoms with E-state index < -0.39 is 0 Å². The second kappa shape index (κ2) is 11.2. The molecule has 3 N–H and O–H groups in total. The van der Waals surface area contributed by atoms with Gasteiger partial charge in [0.25, 0.3) is 5.91 Å². The molecule has 2 amide bonds. The van der Waals surface area contributed by atoms with Crippen LogP contribution in [0, 0.1) is 0 Å². The minimum Gasteiger partial charge on any atom is -0.459 e. The molecular weight excluding hydrogens is 292 g/mol. The zero-order chi connectivity index (χ0) is 15.3. The Bertz CT molecular complexity index is 409. The smallest absolute Gasteiger partial charge is 0.286 e. The Morgan fingerprint density at radius 2 is 2.05 bits per heavy atom. The van der Waals surface area contributed by atoms with E-state index in [1.54, 1.807) is 23.9 Å². The number of thioether (sulfide) groups is 1. The molecule has 0 radical (unpaired) electrons. The first-order valence-electron chi connectivity index (χ1n) is 7.01. The fraction of sp³-hybridized carbons (Fsp3) is 0.571. The van der Waals surface area contributed by atoms with Gasteiger partial charge in [-0.2, -0.15) is 11.8 Å². The maximum atomic E-state index is 11.5. The van der Waals surface area contributed by atoms with Gasteiger partial charge in [-0.25, -0.2) is 0 Å². The number of carbonyl (C=O) groups excluding carboxylic acids is 2. The zero-order valence-electron chi connectivity index (χ0n) is 12.0. The lowest BCUT2D eigenvalue weighted by atomic mass is 10.3. The molecule has 0 spiro atoms. The molecule has 1 aromatic heterocycles. The average Bonchev–Trinajstić information content (AvgIpc) is 3.01. The Morgan fingerprint density at radius 1 is 1.19 bits per heavy atom. The number of aliphatic hydroxyl groups is 1. The van der Waals surface area contributed by atoms with Crippen molar-refractivity contribution < 1.29 is 19.1 Å². The average molecular weight is 314 g/mol. The monoisotopic (exact) mass is 314 g/mol. The van der Waals surface area contributed by atoms with Crippen LogP contribution in [0.15, 0.2) is 22.8 Å². The second-order valence-electron chi connectivity index (χ2n) is 4.38. The van der Waals surface area contributed by atoms with Crippen molar-refractivity contribution in [2.75, 3.05) is 31.2 Å². The summed E-state index contributed by atoms with van der Waals surface area (Å²) >= 11 is 1.71. The maximum absolute atomic E-state index is 11.5. The first-order chi connectivity index (χ1) is 10.2. The summed E-state index contributed by atoms with van der Waals surface area (Å²) in [6, 6.07) is 3.25. The lowest BCUT2D eigenvalue weighted by molar-refractivity contribution is -0.121. The summed E-state index contributed by atoms with van der Waals surface area (Å²) in [6.07, 6.45) is 3.21. The van der Waals surface area contributed by atoms with E-state index in [-0.39, 0.29) is 24.2 Å². The molecule has 21 heavy (non-hydrogen) atoms. The highest BCUT2D eigenvalue weighted by Crippen LogP contribution is 2.01. The third-order valence-electron chi connectivity index (χ3n) is 2.63. The van der Waals surface area contributed by atoms with Crippen LogP contribution in [0.3, 0.4) is 0 Å². The van der Waals surface area contributed by atoms with Crippen molar-refractivity contribution >= 4 is 23.6 Å². The third kappa shape index (κ3) is 8.41. The van der Waals surface area contributed by atoms with Crippen LogP contribution in [0.2, 0.25) is 0 Å². The Balaban J connectivity index is 1.95. The van der Waals surface area contributed by atoms with E-state index in [2.05, 4.69) is 10.6 Å². The Labute approximate surface area is 128 Å². The van der Waals surface area contributed by atoms with E-state index in [0.29, 0.717) is 25.9 Å². The fourth-order valence-electron chi connectivity index (χ4n) is 1.57.